The van der Waals surface area contributed by atoms with Gasteiger partial charge in [0, 0.05) is 11.5 Å². The summed E-state index contributed by atoms with van der Waals surface area (Å²) in [5.74, 6) is -0.421. The van der Waals surface area contributed by atoms with Gasteiger partial charge < -0.3 is 24.8 Å². The third-order valence-corrected chi connectivity index (χ3v) is 7.36. The average molecular weight is 500 g/mol. The first-order chi connectivity index (χ1) is 15.4. The fourth-order valence-electron chi connectivity index (χ4n) is 2.52. The predicted octanol–water partition coefficient (Wildman–Crippen LogP) is -0.316. The first-order valence-electron chi connectivity index (χ1n) is 9.79. The van der Waals surface area contributed by atoms with E-state index in [2.05, 4.69) is 4.74 Å². The molecule has 0 aliphatic heterocycles. The van der Waals surface area contributed by atoms with E-state index in [0.717, 1.165) is 0 Å². The van der Waals surface area contributed by atoms with E-state index in [1.54, 1.807) is 24.3 Å². The predicted molar refractivity (Wildman–Crippen MR) is 125 cm³/mol. The number of carbonyl (C=O) groups excluding carboxylic acids is 1. The molecule has 4 N–H and O–H groups in total. The normalized spacial score (nSPS) is 11.2. The Labute approximate surface area is 194 Å². The summed E-state index contributed by atoms with van der Waals surface area (Å²) in [5.41, 5.74) is 1.26. The standard InChI is InChI=1S/C10H13BO6S.C9H13BO4S/c12-8-17-10-3-1-9(2-4-10)7-18(15,16)6-5-11(13)14;11-10(12)6-7-15(13,14)8-9-4-2-1-3-5-9/h1-4,8,13-14H,5-7H2;1-5,11-12H,6-8H2. The van der Waals surface area contributed by atoms with Crippen LogP contribution in [0.25, 0.3) is 0 Å². The van der Waals surface area contributed by atoms with Crippen molar-refractivity contribution in [2.75, 3.05) is 11.5 Å². The van der Waals surface area contributed by atoms with Gasteiger partial charge in [0.1, 0.15) is 5.75 Å². The Morgan fingerprint density at radius 2 is 1.12 bits per heavy atom. The van der Waals surface area contributed by atoms with Crippen molar-refractivity contribution in [3.63, 3.8) is 0 Å². The number of benzene rings is 2. The summed E-state index contributed by atoms with van der Waals surface area (Å²) in [7, 11) is -9.82. The van der Waals surface area contributed by atoms with Crippen LogP contribution in [0.3, 0.4) is 0 Å². The molecule has 0 radical (unpaired) electrons. The maximum Gasteiger partial charge on any atom is 0.452 e. The number of carbonyl (C=O) groups is 1. The second-order valence-corrected chi connectivity index (χ2v) is 11.4. The van der Waals surface area contributed by atoms with Gasteiger partial charge in [0.2, 0.25) is 0 Å². The largest absolute Gasteiger partial charge is 0.452 e. The molecule has 0 saturated heterocycles. The van der Waals surface area contributed by atoms with Crippen molar-refractivity contribution in [3.05, 3.63) is 65.7 Å². The van der Waals surface area contributed by atoms with Gasteiger partial charge in [-0.05, 0) is 35.9 Å². The Balaban J connectivity index is 0.000000335. The fourth-order valence-corrected chi connectivity index (χ4v) is 5.35. The highest BCUT2D eigenvalue weighted by Crippen LogP contribution is 2.14. The number of hydrogen-bond acceptors (Lipinski definition) is 10. The van der Waals surface area contributed by atoms with Gasteiger partial charge in [0.05, 0.1) is 11.5 Å². The molecule has 0 unspecified atom stereocenters. The third-order valence-electron chi connectivity index (χ3n) is 4.10. The number of hydrogen-bond donors (Lipinski definition) is 4. The Kier molecular flexibility index (Phi) is 12.3. The summed E-state index contributed by atoms with van der Waals surface area (Å²) >= 11 is 0. The summed E-state index contributed by atoms with van der Waals surface area (Å²) in [6.45, 7) is 0.286. The molecule has 0 heterocycles. The molecule has 0 fully saturated rings. The van der Waals surface area contributed by atoms with Crippen molar-refractivity contribution in [1.29, 1.82) is 0 Å². The Hall–Kier alpha value is -2.22. The molecule has 0 spiro atoms. The second kappa shape index (κ2) is 14.1. The molecule has 2 aromatic rings. The van der Waals surface area contributed by atoms with E-state index in [1.165, 1.54) is 24.3 Å². The number of ether oxygens (including phenoxy) is 1. The van der Waals surface area contributed by atoms with E-state index in [0.29, 0.717) is 16.9 Å². The smallest absolute Gasteiger partial charge is 0.429 e. The topological polar surface area (TPSA) is 175 Å². The maximum absolute atomic E-state index is 11.6. The van der Waals surface area contributed by atoms with E-state index in [-0.39, 0.29) is 42.1 Å². The van der Waals surface area contributed by atoms with E-state index in [4.69, 9.17) is 20.1 Å². The van der Waals surface area contributed by atoms with Gasteiger partial charge in [0.15, 0.2) is 19.7 Å². The monoisotopic (exact) mass is 500 g/mol. The molecule has 14 heteroatoms. The molecule has 10 nitrogen and oxygen atoms in total. The molecule has 0 aliphatic carbocycles. The first-order valence-corrected chi connectivity index (χ1v) is 13.4. The highest BCUT2D eigenvalue weighted by molar-refractivity contribution is 7.90. The van der Waals surface area contributed by atoms with Gasteiger partial charge in [-0.1, -0.05) is 42.5 Å². The zero-order valence-electron chi connectivity index (χ0n) is 17.7. The quantitative estimate of drug-likeness (QED) is 0.223. The van der Waals surface area contributed by atoms with Crippen molar-refractivity contribution in [1.82, 2.24) is 0 Å². The summed E-state index contributed by atoms with van der Waals surface area (Å²) in [5, 5.41) is 34.4. The summed E-state index contributed by atoms with van der Waals surface area (Å²) in [6.07, 6.45) is -0.357. The zero-order chi connectivity index (χ0) is 24.9. The molecule has 0 saturated carbocycles. The maximum atomic E-state index is 11.6. The van der Waals surface area contributed by atoms with Crippen molar-refractivity contribution in [3.8, 4) is 5.75 Å². The van der Waals surface area contributed by atoms with Gasteiger partial charge in [-0.25, -0.2) is 16.8 Å². The van der Waals surface area contributed by atoms with Crippen LogP contribution in [0, 0.1) is 0 Å². The lowest BCUT2D eigenvalue weighted by atomic mass is 9.88. The van der Waals surface area contributed by atoms with Crippen LogP contribution < -0.4 is 4.74 Å². The van der Waals surface area contributed by atoms with Gasteiger partial charge in [0.25, 0.3) is 6.47 Å². The van der Waals surface area contributed by atoms with E-state index in [9.17, 15) is 21.6 Å². The molecule has 180 valence electrons. The van der Waals surface area contributed by atoms with Crippen molar-refractivity contribution < 1.29 is 46.5 Å². The lowest BCUT2D eigenvalue weighted by Gasteiger charge is -2.05. The number of sulfone groups is 2. The summed E-state index contributed by atoms with van der Waals surface area (Å²) in [4.78, 5) is 10.1. The highest BCUT2D eigenvalue weighted by atomic mass is 32.2. The molecule has 2 rings (SSSR count). The Morgan fingerprint density at radius 1 is 0.697 bits per heavy atom. The Bertz CT molecular complexity index is 1040. The SMILES string of the molecule is O=COc1ccc(CS(=O)(=O)CCB(O)O)cc1.O=S(=O)(CCB(O)O)Cc1ccccc1. The van der Waals surface area contributed by atoms with Crippen LogP contribution >= 0.6 is 0 Å². The molecule has 2 aromatic carbocycles. The minimum absolute atomic E-state index is 0.0550. The Morgan fingerprint density at radius 3 is 1.52 bits per heavy atom. The van der Waals surface area contributed by atoms with Crippen LogP contribution in [-0.4, -0.2) is 69.1 Å². The number of rotatable bonds is 12. The molecule has 33 heavy (non-hydrogen) atoms. The lowest BCUT2D eigenvalue weighted by molar-refractivity contribution is -0.120. The van der Waals surface area contributed by atoms with Gasteiger partial charge in [-0.2, -0.15) is 0 Å². The first kappa shape index (κ1) is 28.8. The van der Waals surface area contributed by atoms with Crippen LogP contribution in [-0.2, 0) is 36.0 Å². The summed E-state index contributed by atoms with van der Waals surface area (Å²) < 4.78 is 50.7. The van der Waals surface area contributed by atoms with Gasteiger partial charge >= 0.3 is 14.2 Å². The minimum Gasteiger partial charge on any atom is -0.429 e. The highest BCUT2D eigenvalue weighted by Gasteiger charge is 2.17. The fraction of sp³-hybridized carbons (Fsp3) is 0.316. The molecule has 0 bridgehead atoms. The van der Waals surface area contributed by atoms with Gasteiger partial charge in [-0.15, -0.1) is 0 Å². The molecular weight excluding hydrogens is 474 g/mol. The van der Waals surface area contributed by atoms with Crippen LogP contribution in [0.5, 0.6) is 5.75 Å². The van der Waals surface area contributed by atoms with Crippen LogP contribution in [0.1, 0.15) is 11.1 Å². The van der Waals surface area contributed by atoms with Crippen molar-refractivity contribution in [2.24, 2.45) is 0 Å². The minimum atomic E-state index is -3.39. The molecular formula is C19H26B2O10S2. The third kappa shape index (κ3) is 13.8. The molecule has 0 aliphatic rings. The molecule has 0 aromatic heterocycles. The van der Waals surface area contributed by atoms with E-state index in [1.807, 2.05) is 6.07 Å². The lowest BCUT2D eigenvalue weighted by Crippen LogP contribution is -2.18. The molecule has 0 amide bonds. The van der Waals surface area contributed by atoms with Gasteiger partial charge in [-0.3, -0.25) is 4.79 Å². The summed E-state index contributed by atoms with van der Waals surface area (Å²) in [6, 6.07) is 14.8. The van der Waals surface area contributed by atoms with Crippen molar-refractivity contribution >= 4 is 40.4 Å². The van der Waals surface area contributed by atoms with Crippen LogP contribution in [0.2, 0.25) is 12.6 Å². The molecule has 0 atom stereocenters. The second-order valence-electron chi connectivity index (χ2n) is 7.07. The van der Waals surface area contributed by atoms with E-state index < -0.39 is 33.9 Å². The van der Waals surface area contributed by atoms with E-state index >= 15 is 0 Å². The van der Waals surface area contributed by atoms with Crippen LogP contribution in [0.4, 0.5) is 0 Å². The van der Waals surface area contributed by atoms with Crippen LogP contribution in [0.15, 0.2) is 54.6 Å². The zero-order valence-corrected chi connectivity index (χ0v) is 19.4. The average Bonchev–Trinajstić information content (AvgIpc) is 2.73. The van der Waals surface area contributed by atoms with Crippen molar-refractivity contribution in [2.45, 2.75) is 24.1 Å².